The molecule has 5 heteroatoms. The summed E-state index contributed by atoms with van der Waals surface area (Å²) in [5, 5.41) is 0. The Morgan fingerprint density at radius 3 is 2.34 bits per heavy atom. The Hall–Kier alpha value is -3.08. The molecule has 2 aliphatic rings. The lowest BCUT2D eigenvalue weighted by Gasteiger charge is -2.38. The number of anilines is 1. The zero-order chi connectivity index (χ0) is 20.5. The zero-order valence-corrected chi connectivity index (χ0v) is 17.0. The summed E-state index contributed by atoms with van der Waals surface area (Å²) in [7, 11) is 3.17. The number of aryl methyl sites for hydroxylation is 1. The maximum Gasteiger partial charge on any atom is 0.232 e. The highest BCUT2D eigenvalue weighted by atomic mass is 16.5. The van der Waals surface area contributed by atoms with Gasteiger partial charge in [0.25, 0.3) is 0 Å². The fourth-order valence-corrected chi connectivity index (χ4v) is 4.39. The molecule has 0 fully saturated rings. The van der Waals surface area contributed by atoms with Gasteiger partial charge in [0.05, 0.1) is 19.9 Å². The van der Waals surface area contributed by atoms with E-state index in [1.54, 1.807) is 25.2 Å². The Bertz CT molecular complexity index is 985. The van der Waals surface area contributed by atoms with Gasteiger partial charge < -0.3 is 9.47 Å². The fourth-order valence-electron chi connectivity index (χ4n) is 4.39. The highest BCUT2D eigenvalue weighted by molar-refractivity contribution is 6.07. The first-order chi connectivity index (χ1) is 14.0. The Morgan fingerprint density at radius 2 is 1.69 bits per heavy atom. The number of hydrogen-bond donors (Lipinski definition) is 0. The van der Waals surface area contributed by atoms with Crippen LogP contribution >= 0.6 is 0 Å². The Labute approximate surface area is 170 Å². The summed E-state index contributed by atoms with van der Waals surface area (Å²) < 4.78 is 10.8. The van der Waals surface area contributed by atoms with Crippen LogP contribution in [0.1, 0.15) is 42.7 Å². The molecule has 0 N–H and O–H groups in total. The normalized spacial score (nSPS) is 19.3. The summed E-state index contributed by atoms with van der Waals surface area (Å²) in [5.74, 6) is 1.16. The van der Waals surface area contributed by atoms with Gasteiger partial charge in [0.15, 0.2) is 5.78 Å². The third-order valence-electron chi connectivity index (χ3n) is 5.71. The molecule has 4 rings (SSSR count). The molecule has 1 aliphatic carbocycles. The van der Waals surface area contributed by atoms with Gasteiger partial charge in [-0.3, -0.25) is 14.5 Å². The van der Waals surface area contributed by atoms with E-state index in [-0.39, 0.29) is 24.0 Å². The van der Waals surface area contributed by atoms with Crippen LogP contribution < -0.4 is 14.4 Å². The van der Waals surface area contributed by atoms with Gasteiger partial charge in [0.2, 0.25) is 5.91 Å². The SMILES string of the molecule is COc1cc(OC)cc(N2C(=O)CC(c3cccc(C)c3)C3=C2CCCC3=O)c1. The number of methoxy groups -OCH3 is 2. The predicted octanol–water partition coefficient (Wildman–Crippen LogP) is 4.54. The number of carbonyl (C=O) groups excluding carboxylic acids is 2. The molecule has 1 atom stereocenters. The van der Waals surface area contributed by atoms with Crippen molar-refractivity contribution in [2.75, 3.05) is 19.1 Å². The number of Topliss-reactive ketones (excluding diaryl/α,β-unsaturated/α-hetero) is 1. The van der Waals surface area contributed by atoms with Crippen molar-refractivity contribution in [2.45, 2.75) is 38.5 Å². The number of benzene rings is 2. The molecule has 0 radical (unpaired) electrons. The molecule has 0 saturated heterocycles. The van der Waals surface area contributed by atoms with Gasteiger partial charge in [-0.2, -0.15) is 0 Å². The Balaban J connectivity index is 1.87. The summed E-state index contributed by atoms with van der Waals surface area (Å²) >= 11 is 0. The maximum atomic E-state index is 13.3. The van der Waals surface area contributed by atoms with Crippen molar-refractivity contribution in [3.63, 3.8) is 0 Å². The lowest BCUT2D eigenvalue weighted by Crippen LogP contribution is -2.40. The summed E-state index contributed by atoms with van der Waals surface area (Å²) in [6.07, 6.45) is 2.26. The number of amides is 1. The van der Waals surface area contributed by atoms with Crippen LogP contribution in [0.25, 0.3) is 0 Å². The van der Waals surface area contributed by atoms with Gasteiger partial charge in [0, 0.05) is 48.2 Å². The van der Waals surface area contributed by atoms with Crippen LogP contribution in [-0.4, -0.2) is 25.9 Å². The van der Waals surface area contributed by atoms with E-state index in [1.807, 2.05) is 37.3 Å². The van der Waals surface area contributed by atoms with Crippen LogP contribution in [0.5, 0.6) is 11.5 Å². The third-order valence-corrected chi connectivity index (χ3v) is 5.71. The highest BCUT2D eigenvalue weighted by Gasteiger charge is 2.39. The number of nitrogens with zero attached hydrogens (tertiary/aromatic N) is 1. The van der Waals surface area contributed by atoms with E-state index in [2.05, 4.69) is 6.07 Å². The van der Waals surface area contributed by atoms with Crippen molar-refractivity contribution >= 4 is 17.4 Å². The average Bonchev–Trinajstić information content (AvgIpc) is 2.72. The van der Waals surface area contributed by atoms with E-state index < -0.39 is 0 Å². The molecule has 0 spiro atoms. The van der Waals surface area contributed by atoms with Crippen LogP contribution in [0.15, 0.2) is 53.7 Å². The molecule has 150 valence electrons. The smallest absolute Gasteiger partial charge is 0.232 e. The standard InChI is InChI=1S/C24H25NO4/c1-15-6-4-7-16(10-15)20-14-23(27)25(21-8-5-9-22(26)24(20)21)17-11-18(28-2)13-19(12-17)29-3/h4,6-7,10-13,20H,5,8-9,14H2,1-3H3. The summed E-state index contributed by atoms with van der Waals surface area (Å²) in [6, 6.07) is 13.5. The molecular weight excluding hydrogens is 366 g/mol. The Kier molecular flexibility index (Phi) is 5.14. The zero-order valence-electron chi connectivity index (χ0n) is 17.0. The van der Waals surface area contributed by atoms with Crippen molar-refractivity contribution < 1.29 is 19.1 Å². The molecule has 5 nitrogen and oxygen atoms in total. The molecule has 1 amide bonds. The summed E-state index contributed by atoms with van der Waals surface area (Å²) in [4.78, 5) is 28.0. The van der Waals surface area contributed by atoms with E-state index in [9.17, 15) is 9.59 Å². The summed E-state index contributed by atoms with van der Waals surface area (Å²) in [5.41, 5.74) is 4.43. The van der Waals surface area contributed by atoms with Crippen molar-refractivity contribution in [3.8, 4) is 11.5 Å². The number of ether oxygens (including phenoxy) is 2. The molecular formula is C24H25NO4. The van der Waals surface area contributed by atoms with Crippen LogP contribution in [0.3, 0.4) is 0 Å². The first-order valence-corrected chi connectivity index (χ1v) is 9.90. The van der Waals surface area contributed by atoms with Crippen LogP contribution in [-0.2, 0) is 9.59 Å². The minimum Gasteiger partial charge on any atom is -0.497 e. The molecule has 1 heterocycles. The highest BCUT2D eigenvalue weighted by Crippen LogP contribution is 2.44. The number of hydrogen-bond acceptors (Lipinski definition) is 4. The van der Waals surface area contributed by atoms with Gasteiger partial charge in [-0.25, -0.2) is 0 Å². The lowest BCUT2D eigenvalue weighted by molar-refractivity contribution is -0.119. The largest absolute Gasteiger partial charge is 0.497 e. The number of carbonyl (C=O) groups is 2. The predicted molar refractivity (Wildman–Crippen MR) is 111 cm³/mol. The van der Waals surface area contributed by atoms with Crippen molar-refractivity contribution in [3.05, 3.63) is 64.9 Å². The van der Waals surface area contributed by atoms with Crippen LogP contribution in [0.4, 0.5) is 5.69 Å². The fraction of sp³-hybridized carbons (Fsp3) is 0.333. The first kappa shape index (κ1) is 19.2. The minimum absolute atomic E-state index is 0.0136. The van der Waals surface area contributed by atoms with E-state index in [1.165, 1.54) is 0 Å². The minimum atomic E-state index is -0.186. The van der Waals surface area contributed by atoms with E-state index in [0.717, 1.165) is 28.8 Å². The monoisotopic (exact) mass is 391 g/mol. The second kappa shape index (κ2) is 7.74. The quantitative estimate of drug-likeness (QED) is 0.768. The van der Waals surface area contributed by atoms with Crippen LogP contribution in [0.2, 0.25) is 0 Å². The maximum absolute atomic E-state index is 13.3. The van der Waals surface area contributed by atoms with Gasteiger partial charge in [-0.05, 0) is 25.3 Å². The molecule has 1 unspecified atom stereocenters. The van der Waals surface area contributed by atoms with Gasteiger partial charge in [-0.15, -0.1) is 0 Å². The molecule has 0 aromatic heterocycles. The van der Waals surface area contributed by atoms with E-state index in [0.29, 0.717) is 30.0 Å². The Morgan fingerprint density at radius 1 is 0.966 bits per heavy atom. The molecule has 0 saturated carbocycles. The lowest BCUT2D eigenvalue weighted by atomic mass is 9.77. The van der Waals surface area contributed by atoms with Crippen molar-refractivity contribution in [1.82, 2.24) is 0 Å². The molecule has 2 aromatic rings. The first-order valence-electron chi connectivity index (χ1n) is 9.90. The van der Waals surface area contributed by atoms with Gasteiger partial charge in [0.1, 0.15) is 11.5 Å². The molecule has 1 aliphatic heterocycles. The van der Waals surface area contributed by atoms with Crippen molar-refractivity contribution in [1.29, 1.82) is 0 Å². The average molecular weight is 391 g/mol. The van der Waals surface area contributed by atoms with Crippen molar-refractivity contribution in [2.24, 2.45) is 0 Å². The van der Waals surface area contributed by atoms with E-state index in [4.69, 9.17) is 9.47 Å². The number of ketones is 1. The summed E-state index contributed by atoms with van der Waals surface area (Å²) in [6.45, 7) is 2.03. The van der Waals surface area contributed by atoms with Gasteiger partial charge >= 0.3 is 0 Å². The molecule has 0 bridgehead atoms. The number of allylic oxidation sites excluding steroid dienone is 2. The second-order valence-corrected chi connectivity index (χ2v) is 7.61. The topological polar surface area (TPSA) is 55.8 Å². The third kappa shape index (κ3) is 3.53. The molecule has 29 heavy (non-hydrogen) atoms. The van der Waals surface area contributed by atoms with E-state index >= 15 is 0 Å². The van der Waals surface area contributed by atoms with Crippen LogP contribution in [0, 0.1) is 6.92 Å². The second-order valence-electron chi connectivity index (χ2n) is 7.61. The number of rotatable bonds is 4. The van der Waals surface area contributed by atoms with Gasteiger partial charge in [-0.1, -0.05) is 29.8 Å². The molecule has 2 aromatic carbocycles.